The predicted octanol–water partition coefficient (Wildman–Crippen LogP) is 2.12. The molecule has 0 radical (unpaired) electrons. The number of nitrogens with zero attached hydrogens (tertiary/aromatic N) is 2. The van der Waals surface area contributed by atoms with Crippen LogP contribution in [0.2, 0.25) is 0 Å². The van der Waals surface area contributed by atoms with E-state index in [0.29, 0.717) is 11.6 Å². The van der Waals surface area contributed by atoms with Crippen LogP contribution in [0.4, 0.5) is 17.3 Å². The number of hydrazine groups is 1. The van der Waals surface area contributed by atoms with Crippen molar-refractivity contribution < 1.29 is 0 Å². The molecule has 0 bridgehead atoms. The van der Waals surface area contributed by atoms with Gasteiger partial charge in [-0.15, -0.1) is 0 Å². The fraction of sp³-hybridized carbons (Fsp3) is 0.167. The van der Waals surface area contributed by atoms with Gasteiger partial charge in [-0.3, -0.25) is 0 Å². The lowest BCUT2D eigenvalue weighted by Crippen LogP contribution is -2.09. The van der Waals surface area contributed by atoms with E-state index in [1.807, 2.05) is 6.07 Å². The van der Waals surface area contributed by atoms with Crippen LogP contribution in [0.3, 0.4) is 0 Å². The van der Waals surface area contributed by atoms with Crippen LogP contribution in [0.25, 0.3) is 0 Å². The van der Waals surface area contributed by atoms with Crippen LogP contribution in [0.15, 0.2) is 30.6 Å². The van der Waals surface area contributed by atoms with Crippen LogP contribution < -0.4 is 16.6 Å². The lowest BCUT2D eigenvalue weighted by Gasteiger charge is -2.08. The molecule has 0 atom stereocenters. The van der Waals surface area contributed by atoms with E-state index in [2.05, 4.69) is 46.7 Å². The molecule has 5 heteroatoms. The highest BCUT2D eigenvalue weighted by molar-refractivity contribution is 5.60. The Hall–Kier alpha value is -2.14. The number of nitrogen functional groups attached to an aromatic ring is 1. The lowest BCUT2D eigenvalue weighted by atomic mass is 10.1. The Morgan fingerprint density at radius 2 is 1.76 bits per heavy atom. The molecular weight excluding hydrogens is 214 g/mol. The van der Waals surface area contributed by atoms with Crippen molar-refractivity contribution in [3.8, 4) is 0 Å². The second kappa shape index (κ2) is 4.80. The number of anilines is 3. The molecule has 0 unspecified atom stereocenters. The minimum Gasteiger partial charge on any atom is -0.340 e. The zero-order valence-corrected chi connectivity index (χ0v) is 9.86. The zero-order valence-electron chi connectivity index (χ0n) is 9.86. The van der Waals surface area contributed by atoms with Gasteiger partial charge in [0.15, 0.2) is 0 Å². The minimum atomic E-state index is 0.575. The standard InChI is InChI=1S/C12H15N5/c1-8-3-4-10(5-9(8)2)16-11-6-12(17-13)15-7-14-11/h3-7H,13H2,1-2H3,(H2,14,15,16,17). The minimum absolute atomic E-state index is 0.575. The van der Waals surface area contributed by atoms with Crippen LogP contribution in [0.5, 0.6) is 0 Å². The Morgan fingerprint density at radius 3 is 2.47 bits per heavy atom. The number of hydrogen-bond acceptors (Lipinski definition) is 5. The summed E-state index contributed by atoms with van der Waals surface area (Å²) in [5, 5.41) is 3.20. The monoisotopic (exact) mass is 229 g/mol. The summed E-state index contributed by atoms with van der Waals surface area (Å²) in [7, 11) is 0. The summed E-state index contributed by atoms with van der Waals surface area (Å²) in [4.78, 5) is 8.06. The third kappa shape index (κ3) is 2.70. The summed E-state index contributed by atoms with van der Waals surface area (Å²) in [5.74, 6) is 6.57. The lowest BCUT2D eigenvalue weighted by molar-refractivity contribution is 1.14. The molecule has 2 rings (SSSR count). The zero-order chi connectivity index (χ0) is 12.3. The maximum absolute atomic E-state index is 5.29. The Morgan fingerprint density at radius 1 is 1.00 bits per heavy atom. The third-order valence-corrected chi connectivity index (χ3v) is 2.59. The van der Waals surface area contributed by atoms with Crippen molar-refractivity contribution in [1.29, 1.82) is 0 Å². The molecule has 0 aliphatic heterocycles. The molecule has 4 N–H and O–H groups in total. The van der Waals surface area contributed by atoms with Gasteiger partial charge in [0, 0.05) is 11.8 Å². The van der Waals surface area contributed by atoms with Gasteiger partial charge >= 0.3 is 0 Å². The third-order valence-electron chi connectivity index (χ3n) is 2.59. The van der Waals surface area contributed by atoms with E-state index in [4.69, 9.17) is 5.84 Å². The molecule has 1 heterocycles. The molecule has 0 saturated heterocycles. The predicted molar refractivity (Wildman–Crippen MR) is 69.0 cm³/mol. The fourth-order valence-electron chi connectivity index (χ4n) is 1.47. The molecular formula is C12H15N5. The first-order valence-corrected chi connectivity index (χ1v) is 5.32. The quantitative estimate of drug-likeness (QED) is 0.555. The normalized spacial score (nSPS) is 10.1. The van der Waals surface area contributed by atoms with Crippen molar-refractivity contribution in [2.45, 2.75) is 13.8 Å². The Balaban J connectivity index is 2.22. The van der Waals surface area contributed by atoms with E-state index in [9.17, 15) is 0 Å². The van der Waals surface area contributed by atoms with Crippen LogP contribution in [-0.2, 0) is 0 Å². The highest BCUT2D eigenvalue weighted by Gasteiger charge is 1.99. The van der Waals surface area contributed by atoms with Crippen molar-refractivity contribution in [2.24, 2.45) is 5.84 Å². The maximum atomic E-state index is 5.29. The summed E-state index contributed by atoms with van der Waals surface area (Å²) in [6.45, 7) is 4.16. The number of aryl methyl sites for hydroxylation is 2. The summed E-state index contributed by atoms with van der Waals surface area (Å²) in [6.07, 6.45) is 1.46. The molecule has 0 amide bonds. The number of aromatic nitrogens is 2. The second-order valence-electron chi connectivity index (χ2n) is 3.86. The topological polar surface area (TPSA) is 75.9 Å². The first-order chi connectivity index (χ1) is 8.19. The average Bonchev–Trinajstić information content (AvgIpc) is 2.34. The van der Waals surface area contributed by atoms with E-state index >= 15 is 0 Å². The average molecular weight is 229 g/mol. The fourth-order valence-corrected chi connectivity index (χ4v) is 1.47. The second-order valence-corrected chi connectivity index (χ2v) is 3.86. The first kappa shape index (κ1) is 11.3. The molecule has 17 heavy (non-hydrogen) atoms. The Labute approximate surface area is 100 Å². The molecule has 0 aliphatic rings. The van der Waals surface area contributed by atoms with Crippen LogP contribution in [-0.4, -0.2) is 9.97 Å². The van der Waals surface area contributed by atoms with Gasteiger partial charge in [-0.1, -0.05) is 6.07 Å². The largest absolute Gasteiger partial charge is 0.340 e. The van der Waals surface area contributed by atoms with Gasteiger partial charge in [0.05, 0.1) is 0 Å². The van der Waals surface area contributed by atoms with E-state index in [1.54, 1.807) is 6.07 Å². The van der Waals surface area contributed by atoms with Gasteiger partial charge in [-0.2, -0.15) is 0 Å². The van der Waals surface area contributed by atoms with Gasteiger partial charge in [0.25, 0.3) is 0 Å². The molecule has 0 saturated carbocycles. The summed E-state index contributed by atoms with van der Waals surface area (Å²) in [6, 6.07) is 7.91. The van der Waals surface area contributed by atoms with Crippen molar-refractivity contribution in [1.82, 2.24) is 9.97 Å². The van der Waals surface area contributed by atoms with Crippen molar-refractivity contribution in [3.05, 3.63) is 41.7 Å². The number of nitrogens with one attached hydrogen (secondary N) is 2. The van der Waals surface area contributed by atoms with Gasteiger partial charge in [-0.25, -0.2) is 15.8 Å². The molecule has 0 fully saturated rings. The Kier molecular flexibility index (Phi) is 3.20. The summed E-state index contributed by atoms with van der Waals surface area (Å²) < 4.78 is 0. The van der Waals surface area contributed by atoms with Crippen molar-refractivity contribution in [3.63, 3.8) is 0 Å². The van der Waals surface area contributed by atoms with Crippen molar-refractivity contribution in [2.75, 3.05) is 10.7 Å². The molecule has 5 nitrogen and oxygen atoms in total. The van der Waals surface area contributed by atoms with Crippen LogP contribution >= 0.6 is 0 Å². The van der Waals surface area contributed by atoms with Gasteiger partial charge in [0.1, 0.15) is 18.0 Å². The van der Waals surface area contributed by atoms with E-state index < -0.39 is 0 Å². The number of benzene rings is 1. The molecule has 88 valence electrons. The smallest absolute Gasteiger partial charge is 0.145 e. The first-order valence-electron chi connectivity index (χ1n) is 5.32. The molecule has 0 aliphatic carbocycles. The highest BCUT2D eigenvalue weighted by atomic mass is 15.3. The van der Waals surface area contributed by atoms with Crippen LogP contribution in [0.1, 0.15) is 11.1 Å². The Bertz CT molecular complexity index is 524. The summed E-state index contributed by atoms with van der Waals surface area (Å²) >= 11 is 0. The number of hydrogen-bond donors (Lipinski definition) is 3. The van der Waals surface area contributed by atoms with E-state index in [0.717, 1.165) is 5.69 Å². The highest BCUT2D eigenvalue weighted by Crippen LogP contribution is 2.18. The molecule has 2 aromatic rings. The SMILES string of the molecule is Cc1ccc(Nc2cc(NN)ncn2)cc1C. The van der Waals surface area contributed by atoms with E-state index in [1.165, 1.54) is 17.5 Å². The summed E-state index contributed by atoms with van der Waals surface area (Å²) in [5.41, 5.74) is 5.98. The molecule has 0 spiro atoms. The molecule has 1 aromatic heterocycles. The van der Waals surface area contributed by atoms with Crippen LogP contribution in [0, 0.1) is 13.8 Å². The van der Waals surface area contributed by atoms with Gasteiger partial charge in [0.2, 0.25) is 0 Å². The van der Waals surface area contributed by atoms with Gasteiger partial charge < -0.3 is 10.7 Å². The van der Waals surface area contributed by atoms with Crippen molar-refractivity contribution >= 4 is 17.3 Å². The molecule has 1 aromatic carbocycles. The number of rotatable bonds is 3. The maximum Gasteiger partial charge on any atom is 0.145 e. The van der Waals surface area contributed by atoms with E-state index in [-0.39, 0.29) is 0 Å². The number of nitrogens with two attached hydrogens (primary N) is 1. The van der Waals surface area contributed by atoms with Gasteiger partial charge in [-0.05, 0) is 37.1 Å².